The largest absolute Gasteiger partial charge is 0.384 e. The Bertz CT molecular complexity index is 645. The maximum Gasteiger partial charge on any atom is 0.193 e. The van der Waals surface area contributed by atoms with Gasteiger partial charge in [-0.3, -0.25) is 9.89 Å². The minimum Gasteiger partial charge on any atom is -0.384 e. The Balaban J connectivity index is 0.00000280. The molecule has 3 atom stereocenters. The second-order valence-corrected chi connectivity index (χ2v) is 8.30. The minimum atomic E-state index is 0. The first-order valence-corrected chi connectivity index (χ1v) is 10.4. The fourth-order valence-electron chi connectivity index (χ4n) is 4.64. The highest BCUT2D eigenvalue weighted by atomic mass is 127. The van der Waals surface area contributed by atoms with Crippen LogP contribution in [0.25, 0.3) is 0 Å². The van der Waals surface area contributed by atoms with Crippen LogP contribution in [-0.2, 0) is 4.74 Å². The Hall–Kier alpha value is -0.570. The zero-order chi connectivity index (χ0) is 19.2. The van der Waals surface area contributed by atoms with Gasteiger partial charge in [0, 0.05) is 50.8 Å². The van der Waals surface area contributed by atoms with Gasteiger partial charge < -0.3 is 15.0 Å². The van der Waals surface area contributed by atoms with Gasteiger partial charge in [-0.1, -0.05) is 23.7 Å². The monoisotopic (exact) mass is 520 g/mol. The molecule has 5 nitrogen and oxygen atoms in total. The second-order valence-electron chi connectivity index (χ2n) is 7.87. The molecule has 158 valence electrons. The van der Waals surface area contributed by atoms with E-state index in [1.165, 1.54) is 24.8 Å². The van der Waals surface area contributed by atoms with E-state index in [-0.39, 0.29) is 24.0 Å². The van der Waals surface area contributed by atoms with Gasteiger partial charge in [0.2, 0.25) is 0 Å². The number of benzene rings is 1. The van der Waals surface area contributed by atoms with E-state index in [1.807, 2.05) is 13.1 Å². The fourth-order valence-corrected chi connectivity index (χ4v) is 4.84. The van der Waals surface area contributed by atoms with Crippen molar-refractivity contribution in [3.8, 4) is 0 Å². The maximum absolute atomic E-state index is 6.26. The Labute approximate surface area is 191 Å². The summed E-state index contributed by atoms with van der Waals surface area (Å²) < 4.78 is 5.32. The predicted molar refractivity (Wildman–Crippen MR) is 128 cm³/mol. The Morgan fingerprint density at radius 3 is 2.86 bits per heavy atom. The molecule has 0 spiro atoms. The van der Waals surface area contributed by atoms with Gasteiger partial charge in [0.25, 0.3) is 0 Å². The summed E-state index contributed by atoms with van der Waals surface area (Å²) in [6, 6.07) is 8.72. The van der Waals surface area contributed by atoms with E-state index in [0.717, 1.165) is 43.8 Å². The molecule has 0 bridgehead atoms. The highest BCUT2D eigenvalue weighted by Crippen LogP contribution is 2.35. The molecule has 1 aromatic carbocycles. The molecule has 28 heavy (non-hydrogen) atoms. The molecule has 2 aliphatic heterocycles. The molecular weight excluding hydrogens is 487 g/mol. The highest BCUT2D eigenvalue weighted by Gasteiger charge is 2.31. The number of aliphatic imine (C=N–C) groups is 1. The van der Waals surface area contributed by atoms with Crippen molar-refractivity contribution in [3.63, 3.8) is 0 Å². The maximum atomic E-state index is 6.26. The van der Waals surface area contributed by atoms with E-state index in [2.05, 4.69) is 45.4 Å². The fraction of sp³-hybridized carbons (Fsp3) is 0.667. The molecule has 0 radical (unpaired) electrons. The molecule has 2 heterocycles. The number of hydrogen-bond donors (Lipinski definition) is 1. The van der Waals surface area contributed by atoms with Gasteiger partial charge in [-0.15, -0.1) is 24.0 Å². The SMILES string of the molecule is CN=C(NCC1CCCN(C)C1c1cccc(Cl)c1)N1CCC(COC)C1.I. The summed E-state index contributed by atoms with van der Waals surface area (Å²) in [6.45, 7) is 4.97. The lowest BCUT2D eigenvalue weighted by Gasteiger charge is -2.40. The minimum absolute atomic E-state index is 0. The number of guanidine groups is 1. The van der Waals surface area contributed by atoms with Crippen molar-refractivity contribution in [2.24, 2.45) is 16.8 Å². The number of halogens is 2. The zero-order valence-electron chi connectivity index (χ0n) is 17.2. The number of likely N-dealkylation sites (tertiary alicyclic amines) is 2. The molecule has 0 aromatic heterocycles. The van der Waals surface area contributed by atoms with Gasteiger partial charge >= 0.3 is 0 Å². The number of piperidine rings is 1. The molecule has 3 unspecified atom stereocenters. The van der Waals surface area contributed by atoms with E-state index in [4.69, 9.17) is 16.3 Å². The molecule has 2 fully saturated rings. The summed E-state index contributed by atoms with van der Waals surface area (Å²) in [5.41, 5.74) is 1.31. The van der Waals surface area contributed by atoms with Crippen molar-refractivity contribution in [2.45, 2.75) is 25.3 Å². The van der Waals surface area contributed by atoms with Crippen LogP contribution in [0.4, 0.5) is 0 Å². The second kappa shape index (κ2) is 11.6. The third-order valence-electron chi connectivity index (χ3n) is 5.92. The molecule has 2 aliphatic rings. The molecule has 0 saturated carbocycles. The summed E-state index contributed by atoms with van der Waals surface area (Å²) in [7, 11) is 5.89. The average molecular weight is 521 g/mol. The van der Waals surface area contributed by atoms with E-state index in [1.54, 1.807) is 7.11 Å². The van der Waals surface area contributed by atoms with E-state index >= 15 is 0 Å². The van der Waals surface area contributed by atoms with Gasteiger partial charge in [0.05, 0.1) is 6.61 Å². The Morgan fingerprint density at radius 2 is 2.14 bits per heavy atom. The van der Waals surface area contributed by atoms with Crippen LogP contribution in [0.5, 0.6) is 0 Å². The number of ether oxygens (including phenoxy) is 1. The normalized spacial score (nSPS) is 26.2. The van der Waals surface area contributed by atoms with Crippen LogP contribution in [0.1, 0.15) is 30.9 Å². The Morgan fingerprint density at radius 1 is 1.32 bits per heavy atom. The van der Waals surface area contributed by atoms with E-state index in [0.29, 0.717) is 17.9 Å². The van der Waals surface area contributed by atoms with Crippen molar-refractivity contribution in [1.29, 1.82) is 0 Å². The van der Waals surface area contributed by atoms with Gasteiger partial charge in [-0.25, -0.2) is 0 Å². The standard InChI is InChI=1S/C21H33ClN4O.HI/c1-23-21(26-11-9-16(14-26)15-27-3)24-13-18-7-5-10-25(2)20(18)17-6-4-8-19(22)12-17;/h4,6,8,12,16,18,20H,5,7,9-11,13-15H2,1-3H3,(H,23,24);1H. The first-order chi connectivity index (χ1) is 13.1. The molecule has 0 aliphatic carbocycles. The average Bonchev–Trinajstić information content (AvgIpc) is 3.11. The summed E-state index contributed by atoms with van der Waals surface area (Å²) in [4.78, 5) is 9.37. The molecule has 3 rings (SSSR count). The molecule has 0 amide bonds. The summed E-state index contributed by atoms with van der Waals surface area (Å²) in [6.07, 6.45) is 3.63. The Kier molecular flexibility index (Phi) is 9.80. The summed E-state index contributed by atoms with van der Waals surface area (Å²) in [5.74, 6) is 2.16. The molecular formula is C21H34ClIN4O. The highest BCUT2D eigenvalue weighted by molar-refractivity contribution is 14.0. The van der Waals surface area contributed by atoms with Crippen LogP contribution in [0.2, 0.25) is 5.02 Å². The van der Waals surface area contributed by atoms with Crippen LogP contribution >= 0.6 is 35.6 Å². The van der Waals surface area contributed by atoms with Crippen molar-refractivity contribution in [2.75, 3.05) is 54.0 Å². The number of nitrogens with one attached hydrogen (secondary N) is 1. The van der Waals surface area contributed by atoms with Crippen molar-refractivity contribution in [3.05, 3.63) is 34.9 Å². The van der Waals surface area contributed by atoms with E-state index in [9.17, 15) is 0 Å². The van der Waals surface area contributed by atoms with Crippen LogP contribution in [-0.4, -0.2) is 69.8 Å². The van der Waals surface area contributed by atoms with Gasteiger partial charge in [0.1, 0.15) is 0 Å². The van der Waals surface area contributed by atoms with Crippen molar-refractivity contribution < 1.29 is 4.74 Å². The molecule has 7 heteroatoms. The van der Waals surface area contributed by atoms with Crippen molar-refractivity contribution in [1.82, 2.24) is 15.1 Å². The van der Waals surface area contributed by atoms with Crippen LogP contribution in [0, 0.1) is 11.8 Å². The van der Waals surface area contributed by atoms with Crippen LogP contribution < -0.4 is 5.32 Å². The lowest BCUT2D eigenvalue weighted by molar-refractivity contribution is 0.122. The smallest absolute Gasteiger partial charge is 0.193 e. The van der Waals surface area contributed by atoms with Gasteiger partial charge in [-0.05, 0) is 56.5 Å². The number of methoxy groups -OCH3 is 1. The molecule has 2 saturated heterocycles. The third kappa shape index (κ3) is 5.97. The van der Waals surface area contributed by atoms with Gasteiger partial charge in [0.15, 0.2) is 5.96 Å². The first kappa shape index (κ1) is 23.7. The molecule has 1 aromatic rings. The van der Waals surface area contributed by atoms with Crippen LogP contribution in [0.15, 0.2) is 29.3 Å². The third-order valence-corrected chi connectivity index (χ3v) is 6.15. The number of nitrogens with zero attached hydrogens (tertiary/aromatic N) is 3. The summed E-state index contributed by atoms with van der Waals surface area (Å²) in [5, 5.41) is 4.47. The van der Waals surface area contributed by atoms with Crippen LogP contribution in [0.3, 0.4) is 0 Å². The number of hydrogen-bond acceptors (Lipinski definition) is 3. The van der Waals surface area contributed by atoms with E-state index < -0.39 is 0 Å². The quantitative estimate of drug-likeness (QED) is 0.363. The van der Waals surface area contributed by atoms with Crippen molar-refractivity contribution >= 4 is 41.5 Å². The summed E-state index contributed by atoms with van der Waals surface area (Å²) >= 11 is 6.26. The number of rotatable bonds is 5. The lowest BCUT2D eigenvalue weighted by Crippen LogP contribution is -2.46. The first-order valence-electron chi connectivity index (χ1n) is 10.0. The topological polar surface area (TPSA) is 40.1 Å². The predicted octanol–water partition coefficient (Wildman–Crippen LogP) is 3.88. The van der Waals surface area contributed by atoms with Gasteiger partial charge in [-0.2, -0.15) is 0 Å². The zero-order valence-corrected chi connectivity index (χ0v) is 20.3. The molecule has 1 N–H and O–H groups in total. The lowest BCUT2D eigenvalue weighted by atomic mass is 9.85.